The van der Waals surface area contributed by atoms with Crippen LogP contribution in [0.3, 0.4) is 0 Å². The number of nitrogens with one attached hydrogen (secondary N) is 1. The lowest BCUT2D eigenvalue weighted by atomic mass is 10.0. The molecule has 33 heavy (non-hydrogen) atoms. The average molecular weight is 459 g/mol. The van der Waals surface area contributed by atoms with Crippen LogP contribution in [0.4, 0.5) is 0 Å². The van der Waals surface area contributed by atoms with Crippen LogP contribution >= 0.6 is 11.3 Å². The Kier molecular flexibility index (Phi) is 6.91. The number of hydrogen-bond donors (Lipinski definition) is 1. The molecule has 0 bridgehead atoms. The molecule has 1 saturated heterocycles. The van der Waals surface area contributed by atoms with Gasteiger partial charge in [-0.05, 0) is 53.7 Å². The van der Waals surface area contributed by atoms with Crippen LogP contribution < -0.4 is 14.8 Å². The zero-order valence-corrected chi connectivity index (χ0v) is 19.8. The molecule has 1 aliphatic heterocycles. The van der Waals surface area contributed by atoms with Crippen LogP contribution in [-0.4, -0.2) is 38.2 Å². The van der Waals surface area contributed by atoms with Crippen molar-refractivity contribution in [3.05, 3.63) is 94.9 Å². The summed E-state index contributed by atoms with van der Waals surface area (Å²) in [6.07, 6.45) is 1.15. The maximum atomic E-state index is 6.12. The quantitative estimate of drug-likeness (QED) is 0.375. The minimum absolute atomic E-state index is 0.194. The van der Waals surface area contributed by atoms with Crippen molar-refractivity contribution in [2.45, 2.75) is 19.1 Å². The summed E-state index contributed by atoms with van der Waals surface area (Å²) in [5.41, 5.74) is 2.39. The summed E-state index contributed by atoms with van der Waals surface area (Å²) in [5.74, 6) is 1.56. The number of rotatable bonds is 7. The Bertz CT molecular complexity index is 1150. The van der Waals surface area contributed by atoms with Crippen LogP contribution in [0.5, 0.6) is 11.5 Å². The van der Waals surface area contributed by atoms with E-state index in [9.17, 15) is 0 Å². The number of hydrogen-bond acceptors (Lipinski definition) is 5. The summed E-state index contributed by atoms with van der Waals surface area (Å²) in [6, 6.07) is 27.9. The monoisotopic (exact) mass is 458 g/mol. The molecule has 2 heterocycles. The predicted molar refractivity (Wildman–Crippen MR) is 136 cm³/mol. The minimum atomic E-state index is 0.194. The Morgan fingerprint density at radius 1 is 0.909 bits per heavy atom. The highest BCUT2D eigenvalue weighted by Crippen LogP contribution is 2.40. The van der Waals surface area contributed by atoms with Gasteiger partial charge < -0.3 is 14.8 Å². The summed E-state index contributed by atoms with van der Waals surface area (Å²) in [5, 5.41) is 4.85. The smallest absolute Gasteiger partial charge is 0.161 e. The van der Waals surface area contributed by atoms with Crippen molar-refractivity contribution in [2.75, 3.05) is 33.3 Å². The molecule has 1 unspecified atom stereocenters. The number of thiophene rings is 1. The SMILES string of the molecule is COc1cc(C(c2cc3ccccc3s2)N2CCCNCC2)ccc1OCc1ccccc1. The molecule has 5 rings (SSSR count). The van der Waals surface area contributed by atoms with Crippen LogP contribution in [0.2, 0.25) is 0 Å². The summed E-state index contributed by atoms with van der Waals surface area (Å²) >= 11 is 1.89. The van der Waals surface area contributed by atoms with Crippen molar-refractivity contribution < 1.29 is 9.47 Å². The second-order valence-corrected chi connectivity index (χ2v) is 9.53. The first-order chi connectivity index (χ1) is 16.3. The van der Waals surface area contributed by atoms with Crippen LogP contribution in [0.1, 0.15) is 28.5 Å². The Hall–Kier alpha value is -2.86. The number of ether oxygens (including phenoxy) is 2. The molecule has 0 amide bonds. The van der Waals surface area contributed by atoms with Gasteiger partial charge in [0.15, 0.2) is 11.5 Å². The van der Waals surface area contributed by atoms with Crippen molar-refractivity contribution in [1.82, 2.24) is 10.2 Å². The van der Waals surface area contributed by atoms with Gasteiger partial charge in [-0.1, -0.05) is 54.6 Å². The highest BCUT2D eigenvalue weighted by Gasteiger charge is 2.26. The van der Waals surface area contributed by atoms with E-state index < -0.39 is 0 Å². The zero-order valence-electron chi connectivity index (χ0n) is 19.0. The normalized spacial score (nSPS) is 15.8. The number of fused-ring (bicyclic) bond motifs is 1. The number of methoxy groups -OCH3 is 1. The summed E-state index contributed by atoms with van der Waals surface area (Å²) < 4.78 is 13.2. The fraction of sp³-hybridized carbons (Fsp3) is 0.286. The molecule has 5 heteroatoms. The lowest BCUT2D eigenvalue weighted by molar-refractivity contribution is 0.242. The third-order valence-corrected chi connectivity index (χ3v) is 7.36. The van der Waals surface area contributed by atoms with Gasteiger partial charge in [-0.3, -0.25) is 4.90 Å². The molecule has 4 nitrogen and oxygen atoms in total. The van der Waals surface area contributed by atoms with E-state index >= 15 is 0 Å². The predicted octanol–water partition coefficient (Wildman–Crippen LogP) is 5.87. The number of nitrogens with zero attached hydrogens (tertiary/aromatic N) is 1. The molecule has 1 aromatic heterocycles. The summed E-state index contributed by atoms with van der Waals surface area (Å²) in [4.78, 5) is 3.97. The molecule has 4 aromatic rings. The molecular weight excluding hydrogens is 428 g/mol. The van der Waals surface area contributed by atoms with Gasteiger partial charge in [-0.25, -0.2) is 0 Å². The van der Waals surface area contributed by atoms with E-state index in [0.717, 1.165) is 49.7 Å². The van der Waals surface area contributed by atoms with E-state index in [1.165, 1.54) is 20.5 Å². The first kappa shape index (κ1) is 22.0. The second-order valence-electron chi connectivity index (χ2n) is 8.41. The largest absolute Gasteiger partial charge is 0.493 e. The molecule has 1 N–H and O–H groups in total. The van der Waals surface area contributed by atoms with Gasteiger partial charge in [0.25, 0.3) is 0 Å². The van der Waals surface area contributed by atoms with Gasteiger partial charge in [0, 0.05) is 29.2 Å². The molecule has 0 saturated carbocycles. The fourth-order valence-corrected chi connectivity index (χ4v) is 5.75. The van der Waals surface area contributed by atoms with Crippen LogP contribution in [-0.2, 0) is 6.61 Å². The highest BCUT2D eigenvalue weighted by atomic mass is 32.1. The van der Waals surface area contributed by atoms with Crippen molar-refractivity contribution in [3.8, 4) is 11.5 Å². The van der Waals surface area contributed by atoms with Gasteiger partial charge in [-0.2, -0.15) is 0 Å². The molecule has 0 spiro atoms. The summed E-state index contributed by atoms with van der Waals surface area (Å²) in [6.45, 7) is 4.70. The fourth-order valence-electron chi connectivity index (χ4n) is 4.53. The van der Waals surface area contributed by atoms with Crippen molar-refractivity contribution in [2.24, 2.45) is 0 Å². The van der Waals surface area contributed by atoms with Gasteiger partial charge >= 0.3 is 0 Å². The standard InChI is InChI=1S/C28H30N2O2S/c1-31-25-18-23(12-13-24(25)32-20-21-8-3-2-4-9-21)28(30-16-7-14-29-15-17-30)27-19-22-10-5-6-11-26(22)33-27/h2-6,8-13,18-19,28-29H,7,14-17,20H2,1H3. The van der Waals surface area contributed by atoms with Crippen LogP contribution in [0.25, 0.3) is 10.1 Å². The van der Waals surface area contributed by atoms with Crippen molar-refractivity contribution >= 4 is 21.4 Å². The minimum Gasteiger partial charge on any atom is -0.493 e. The Morgan fingerprint density at radius 2 is 1.76 bits per heavy atom. The number of benzene rings is 3. The van der Waals surface area contributed by atoms with Crippen LogP contribution in [0.15, 0.2) is 78.9 Å². The molecule has 0 aliphatic carbocycles. The van der Waals surface area contributed by atoms with Gasteiger partial charge in [0.1, 0.15) is 6.61 Å². The topological polar surface area (TPSA) is 33.7 Å². The van der Waals surface area contributed by atoms with E-state index in [-0.39, 0.29) is 6.04 Å². The van der Waals surface area contributed by atoms with Gasteiger partial charge in [0.05, 0.1) is 13.2 Å². The van der Waals surface area contributed by atoms with Crippen LogP contribution in [0, 0.1) is 0 Å². The molecule has 3 aromatic carbocycles. The third-order valence-electron chi connectivity index (χ3n) is 6.19. The Balaban J connectivity index is 1.48. The Labute approximate surface area is 199 Å². The van der Waals surface area contributed by atoms with Gasteiger partial charge in [0.2, 0.25) is 0 Å². The first-order valence-corrected chi connectivity index (χ1v) is 12.4. The Morgan fingerprint density at radius 3 is 2.61 bits per heavy atom. The molecule has 1 fully saturated rings. The van der Waals surface area contributed by atoms with E-state index in [4.69, 9.17) is 9.47 Å². The molecule has 1 aliphatic rings. The summed E-state index contributed by atoms with van der Waals surface area (Å²) in [7, 11) is 1.72. The van der Waals surface area contributed by atoms with Crippen molar-refractivity contribution in [3.63, 3.8) is 0 Å². The van der Waals surface area contributed by atoms with E-state index in [1.807, 2.05) is 29.5 Å². The highest BCUT2D eigenvalue weighted by molar-refractivity contribution is 7.19. The molecular formula is C28H30N2O2S. The molecule has 0 radical (unpaired) electrons. The van der Waals surface area contributed by atoms with E-state index in [2.05, 4.69) is 70.9 Å². The maximum Gasteiger partial charge on any atom is 0.161 e. The third kappa shape index (κ3) is 5.06. The second kappa shape index (κ2) is 10.4. The average Bonchev–Trinajstić information content (AvgIpc) is 3.10. The van der Waals surface area contributed by atoms with Gasteiger partial charge in [-0.15, -0.1) is 11.3 Å². The zero-order chi connectivity index (χ0) is 22.5. The lowest BCUT2D eigenvalue weighted by Crippen LogP contribution is -2.32. The molecule has 1 atom stereocenters. The molecule has 170 valence electrons. The van der Waals surface area contributed by atoms with E-state index in [0.29, 0.717) is 6.61 Å². The first-order valence-electron chi connectivity index (χ1n) is 11.6. The maximum absolute atomic E-state index is 6.12. The van der Waals surface area contributed by atoms with Crippen molar-refractivity contribution in [1.29, 1.82) is 0 Å². The van der Waals surface area contributed by atoms with E-state index in [1.54, 1.807) is 7.11 Å². The lowest BCUT2D eigenvalue weighted by Gasteiger charge is -2.30.